The number of aryl methyl sites for hydroxylation is 1. The van der Waals surface area contributed by atoms with Crippen LogP contribution in [0.25, 0.3) is 0 Å². The second-order valence-electron chi connectivity index (χ2n) is 4.51. The van der Waals surface area contributed by atoms with E-state index < -0.39 is 0 Å². The van der Waals surface area contributed by atoms with Gasteiger partial charge in [0, 0.05) is 19.5 Å². The number of nitrogens with zero attached hydrogens (tertiary/aromatic N) is 2. The molecule has 0 spiro atoms. The molecule has 1 unspecified atom stereocenters. The summed E-state index contributed by atoms with van der Waals surface area (Å²) >= 11 is 1.54. The maximum Gasteiger partial charge on any atom is 0.186 e. The molecule has 1 fully saturated rings. The minimum atomic E-state index is 0.130. The van der Waals surface area contributed by atoms with Gasteiger partial charge in [0.1, 0.15) is 0 Å². The monoisotopic (exact) mass is 238 g/mol. The van der Waals surface area contributed by atoms with Crippen molar-refractivity contribution in [3.63, 3.8) is 0 Å². The van der Waals surface area contributed by atoms with Gasteiger partial charge in [-0.3, -0.25) is 4.79 Å². The van der Waals surface area contributed by atoms with Gasteiger partial charge in [-0.2, -0.15) is 0 Å². The molecule has 2 rings (SSSR count). The van der Waals surface area contributed by atoms with Crippen LogP contribution in [0, 0.1) is 6.92 Å². The molecular formula is C12H18N2OS. The lowest BCUT2D eigenvalue weighted by Gasteiger charge is -2.33. The molecule has 0 aliphatic carbocycles. The van der Waals surface area contributed by atoms with E-state index in [1.54, 1.807) is 18.3 Å². The molecule has 1 aliphatic heterocycles. The van der Waals surface area contributed by atoms with Gasteiger partial charge in [0.25, 0.3) is 0 Å². The molecule has 0 bridgehead atoms. The summed E-state index contributed by atoms with van der Waals surface area (Å²) in [5, 5.41) is 1.02. The van der Waals surface area contributed by atoms with Crippen molar-refractivity contribution in [3.8, 4) is 0 Å². The predicted octanol–water partition coefficient (Wildman–Crippen LogP) is 3.03. The average Bonchev–Trinajstić information content (AvgIpc) is 2.61. The first-order valence-electron chi connectivity index (χ1n) is 5.84. The van der Waals surface area contributed by atoms with Crippen molar-refractivity contribution in [3.05, 3.63) is 10.6 Å². The van der Waals surface area contributed by atoms with Crippen LogP contribution in [0.5, 0.6) is 0 Å². The number of hydrogen-bond donors (Lipinski definition) is 0. The lowest BCUT2D eigenvalue weighted by Crippen LogP contribution is -2.37. The molecule has 0 aromatic carbocycles. The third-order valence-corrected chi connectivity index (χ3v) is 4.45. The number of anilines is 1. The number of hydrogen-bond acceptors (Lipinski definition) is 4. The number of carbonyl (C=O) groups excluding carboxylic acids is 1. The Hall–Kier alpha value is -0.900. The van der Waals surface area contributed by atoms with Crippen LogP contribution in [0.3, 0.4) is 0 Å². The van der Waals surface area contributed by atoms with Gasteiger partial charge >= 0.3 is 0 Å². The number of thiazole rings is 1. The number of rotatable bonds is 2. The average molecular weight is 238 g/mol. The summed E-state index contributed by atoms with van der Waals surface area (Å²) in [6.45, 7) is 6.85. The smallest absolute Gasteiger partial charge is 0.186 e. The van der Waals surface area contributed by atoms with Crippen LogP contribution in [0.4, 0.5) is 5.13 Å². The first-order chi connectivity index (χ1) is 7.59. The second kappa shape index (κ2) is 4.53. The van der Waals surface area contributed by atoms with Gasteiger partial charge in [-0.1, -0.05) is 11.3 Å². The standard InChI is InChI=1S/C12H18N2OS/c1-8-6-4-5-7-14(8)12-13-9(2)11(16-12)10(3)15/h8H,4-7H2,1-3H3. The molecule has 88 valence electrons. The molecule has 3 nitrogen and oxygen atoms in total. The summed E-state index contributed by atoms with van der Waals surface area (Å²) in [5.74, 6) is 0.130. The fourth-order valence-electron chi connectivity index (χ4n) is 2.21. The summed E-state index contributed by atoms with van der Waals surface area (Å²) in [6, 6.07) is 0.555. The van der Waals surface area contributed by atoms with Crippen LogP contribution >= 0.6 is 11.3 Å². The molecule has 16 heavy (non-hydrogen) atoms. The van der Waals surface area contributed by atoms with E-state index in [-0.39, 0.29) is 5.78 Å². The topological polar surface area (TPSA) is 33.2 Å². The fourth-order valence-corrected chi connectivity index (χ4v) is 3.30. The van der Waals surface area contributed by atoms with E-state index in [9.17, 15) is 4.79 Å². The lowest BCUT2D eigenvalue weighted by atomic mass is 10.1. The zero-order valence-corrected chi connectivity index (χ0v) is 10.9. The van der Waals surface area contributed by atoms with Crippen LogP contribution in [0.1, 0.15) is 48.5 Å². The third kappa shape index (κ3) is 2.12. The minimum absolute atomic E-state index is 0.130. The maximum atomic E-state index is 11.4. The quantitative estimate of drug-likeness (QED) is 0.742. The molecule has 1 aromatic heterocycles. The third-order valence-electron chi connectivity index (χ3n) is 3.15. The number of piperidine rings is 1. The summed E-state index contributed by atoms with van der Waals surface area (Å²) in [7, 11) is 0. The summed E-state index contributed by atoms with van der Waals surface area (Å²) in [4.78, 5) is 19.1. The second-order valence-corrected chi connectivity index (χ2v) is 5.48. The van der Waals surface area contributed by atoms with E-state index in [2.05, 4.69) is 16.8 Å². The Morgan fingerprint density at radius 3 is 2.81 bits per heavy atom. The molecule has 0 radical (unpaired) electrons. The SMILES string of the molecule is CC(=O)c1sc(N2CCCCC2C)nc1C. The Labute approximate surface area is 100 Å². The van der Waals surface area contributed by atoms with Gasteiger partial charge in [-0.05, 0) is 33.1 Å². The fraction of sp³-hybridized carbons (Fsp3) is 0.667. The molecule has 1 atom stereocenters. The van der Waals surface area contributed by atoms with Crippen molar-refractivity contribution >= 4 is 22.3 Å². The van der Waals surface area contributed by atoms with Gasteiger partial charge < -0.3 is 4.90 Å². The minimum Gasteiger partial charge on any atom is -0.345 e. The Balaban J connectivity index is 2.26. The molecule has 4 heteroatoms. The van der Waals surface area contributed by atoms with Crippen LogP contribution in [0.15, 0.2) is 0 Å². The number of carbonyl (C=O) groups is 1. The van der Waals surface area contributed by atoms with Crippen LogP contribution in [0.2, 0.25) is 0 Å². The number of aromatic nitrogens is 1. The maximum absolute atomic E-state index is 11.4. The Bertz CT molecular complexity index is 400. The first-order valence-corrected chi connectivity index (χ1v) is 6.66. The Kier molecular flexibility index (Phi) is 3.28. The summed E-state index contributed by atoms with van der Waals surface area (Å²) in [6.07, 6.45) is 3.77. The van der Waals surface area contributed by atoms with E-state index >= 15 is 0 Å². The van der Waals surface area contributed by atoms with Crippen molar-refractivity contribution in [2.45, 2.75) is 46.1 Å². The number of Topliss-reactive ketones (excluding diaryl/α,β-unsaturated/α-hetero) is 1. The van der Waals surface area contributed by atoms with Crippen molar-refractivity contribution in [2.24, 2.45) is 0 Å². The van der Waals surface area contributed by atoms with Gasteiger partial charge in [0.15, 0.2) is 10.9 Å². The van der Waals surface area contributed by atoms with E-state index in [1.165, 1.54) is 19.3 Å². The summed E-state index contributed by atoms with van der Waals surface area (Å²) < 4.78 is 0. The van der Waals surface area contributed by atoms with Crippen LogP contribution in [-0.4, -0.2) is 23.4 Å². The predicted molar refractivity (Wildman–Crippen MR) is 67.5 cm³/mol. The van der Waals surface area contributed by atoms with Crippen LogP contribution in [-0.2, 0) is 0 Å². The summed E-state index contributed by atoms with van der Waals surface area (Å²) in [5.41, 5.74) is 0.880. The van der Waals surface area contributed by atoms with Gasteiger partial charge in [0.2, 0.25) is 0 Å². The zero-order valence-electron chi connectivity index (χ0n) is 10.1. The molecule has 0 saturated carbocycles. The molecule has 2 heterocycles. The largest absolute Gasteiger partial charge is 0.345 e. The van der Waals surface area contributed by atoms with E-state index in [0.29, 0.717) is 6.04 Å². The van der Waals surface area contributed by atoms with Crippen molar-refractivity contribution < 1.29 is 4.79 Å². The van der Waals surface area contributed by atoms with E-state index in [0.717, 1.165) is 22.2 Å². The normalized spacial score (nSPS) is 21.2. The highest BCUT2D eigenvalue weighted by molar-refractivity contribution is 7.17. The molecule has 1 aliphatic rings. The van der Waals surface area contributed by atoms with Gasteiger partial charge in [-0.15, -0.1) is 0 Å². The molecular weight excluding hydrogens is 220 g/mol. The van der Waals surface area contributed by atoms with Gasteiger partial charge in [0.05, 0.1) is 10.6 Å². The molecule has 0 N–H and O–H groups in total. The highest BCUT2D eigenvalue weighted by Gasteiger charge is 2.23. The highest BCUT2D eigenvalue weighted by Crippen LogP contribution is 2.30. The zero-order chi connectivity index (χ0) is 11.7. The molecule has 0 amide bonds. The van der Waals surface area contributed by atoms with Gasteiger partial charge in [-0.25, -0.2) is 4.98 Å². The van der Waals surface area contributed by atoms with Crippen molar-refractivity contribution in [1.82, 2.24) is 4.98 Å². The lowest BCUT2D eigenvalue weighted by molar-refractivity contribution is 0.102. The highest BCUT2D eigenvalue weighted by atomic mass is 32.1. The van der Waals surface area contributed by atoms with Crippen LogP contribution < -0.4 is 4.90 Å². The van der Waals surface area contributed by atoms with E-state index in [1.807, 2.05) is 6.92 Å². The Morgan fingerprint density at radius 2 is 2.25 bits per heavy atom. The molecule has 1 aromatic rings. The Morgan fingerprint density at radius 1 is 1.50 bits per heavy atom. The first kappa shape index (κ1) is 11.6. The molecule has 1 saturated heterocycles. The van der Waals surface area contributed by atoms with Crippen molar-refractivity contribution in [1.29, 1.82) is 0 Å². The van der Waals surface area contributed by atoms with Crippen molar-refractivity contribution in [2.75, 3.05) is 11.4 Å². The number of ketones is 1. The van der Waals surface area contributed by atoms with E-state index in [4.69, 9.17) is 0 Å².